The predicted molar refractivity (Wildman–Crippen MR) is 94.1 cm³/mol. The molecule has 0 amide bonds. The zero-order valence-corrected chi connectivity index (χ0v) is 15.6. The molecule has 1 atom stereocenters. The van der Waals surface area contributed by atoms with E-state index in [9.17, 15) is 0 Å². The Hall–Kier alpha value is -0.650. The molecular weight excluding hydrogens is 346 g/mol. The molecule has 116 valence electrons. The zero-order valence-electron chi connectivity index (χ0n) is 13.2. The molecule has 0 aromatic carbocycles. The van der Waals surface area contributed by atoms with E-state index in [-0.39, 0.29) is 0 Å². The Kier molecular flexibility index (Phi) is 6.02. The molecule has 1 N–H and O–H groups in total. The van der Waals surface area contributed by atoms with Gasteiger partial charge in [-0.2, -0.15) is 5.10 Å². The van der Waals surface area contributed by atoms with Crippen LogP contribution in [0.1, 0.15) is 48.1 Å². The molecule has 21 heavy (non-hydrogen) atoms. The van der Waals surface area contributed by atoms with E-state index in [1.54, 1.807) is 0 Å². The minimum Gasteiger partial charge on any atom is -0.309 e. The second-order valence-corrected chi connectivity index (χ2v) is 7.10. The molecule has 5 heteroatoms. The van der Waals surface area contributed by atoms with Gasteiger partial charge in [0.2, 0.25) is 0 Å². The first-order valence-corrected chi connectivity index (χ1v) is 9.23. The van der Waals surface area contributed by atoms with Gasteiger partial charge in [-0.25, -0.2) is 0 Å². The summed E-state index contributed by atoms with van der Waals surface area (Å²) >= 11 is 5.58. The van der Waals surface area contributed by atoms with Crippen molar-refractivity contribution in [2.75, 3.05) is 6.54 Å². The lowest BCUT2D eigenvalue weighted by Gasteiger charge is -2.19. The summed E-state index contributed by atoms with van der Waals surface area (Å²) in [5, 5.41) is 10.5. The van der Waals surface area contributed by atoms with Crippen LogP contribution in [0.3, 0.4) is 0 Å². The smallest absolute Gasteiger partial charge is 0.0766 e. The number of aryl methyl sites for hydroxylation is 3. The monoisotopic (exact) mass is 369 g/mol. The van der Waals surface area contributed by atoms with Crippen LogP contribution in [0, 0.1) is 6.92 Å². The minimum atomic E-state index is 0.362. The average Bonchev–Trinajstić information content (AvgIpc) is 3.00. The Morgan fingerprint density at radius 1 is 1.43 bits per heavy atom. The third-order valence-corrected chi connectivity index (χ3v) is 5.81. The Morgan fingerprint density at radius 2 is 2.19 bits per heavy atom. The van der Waals surface area contributed by atoms with Crippen LogP contribution in [0.5, 0.6) is 0 Å². The number of hydrogen-bond donors (Lipinski definition) is 1. The van der Waals surface area contributed by atoms with Crippen LogP contribution in [0.2, 0.25) is 0 Å². The van der Waals surface area contributed by atoms with Crippen molar-refractivity contribution in [2.24, 2.45) is 7.05 Å². The lowest BCUT2D eigenvalue weighted by atomic mass is 10.1. The van der Waals surface area contributed by atoms with E-state index in [1.807, 2.05) is 23.1 Å². The fourth-order valence-electron chi connectivity index (χ4n) is 2.55. The van der Waals surface area contributed by atoms with Crippen LogP contribution in [0.25, 0.3) is 0 Å². The van der Waals surface area contributed by atoms with Crippen molar-refractivity contribution < 1.29 is 0 Å². The number of aromatic nitrogens is 2. The number of thiophene rings is 1. The second-order valence-electron chi connectivity index (χ2n) is 5.36. The zero-order chi connectivity index (χ0) is 15.4. The van der Waals surface area contributed by atoms with E-state index in [0.717, 1.165) is 31.5 Å². The molecule has 2 rings (SSSR count). The highest BCUT2D eigenvalue weighted by Gasteiger charge is 2.20. The largest absolute Gasteiger partial charge is 0.309 e. The van der Waals surface area contributed by atoms with Crippen LogP contribution in [-0.4, -0.2) is 16.3 Å². The van der Waals surface area contributed by atoms with Crippen LogP contribution >= 0.6 is 27.3 Å². The van der Waals surface area contributed by atoms with Crippen LogP contribution in [0.4, 0.5) is 0 Å². The van der Waals surface area contributed by atoms with E-state index >= 15 is 0 Å². The molecule has 2 aromatic heterocycles. The van der Waals surface area contributed by atoms with Gasteiger partial charge in [0.15, 0.2) is 0 Å². The van der Waals surface area contributed by atoms with Gasteiger partial charge in [0.25, 0.3) is 0 Å². The first-order valence-electron chi connectivity index (χ1n) is 7.56. The number of rotatable bonds is 7. The first-order chi connectivity index (χ1) is 10.1. The van der Waals surface area contributed by atoms with E-state index in [2.05, 4.69) is 58.6 Å². The minimum absolute atomic E-state index is 0.362. The highest BCUT2D eigenvalue weighted by Crippen LogP contribution is 2.30. The lowest BCUT2D eigenvalue weighted by Crippen LogP contribution is -2.24. The third-order valence-electron chi connectivity index (χ3n) is 3.76. The summed E-state index contributed by atoms with van der Waals surface area (Å²) in [7, 11) is 2.04. The van der Waals surface area contributed by atoms with Gasteiger partial charge in [-0.1, -0.05) is 13.8 Å². The van der Waals surface area contributed by atoms with Crippen molar-refractivity contribution in [3.8, 4) is 0 Å². The summed E-state index contributed by atoms with van der Waals surface area (Å²) in [5.41, 5.74) is 3.79. The fraction of sp³-hybridized carbons (Fsp3) is 0.562. The summed E-state index contributed by atoms with van der Waals surface area (Å²) in [6.07, 6.45) is 3.07. The average molecular weight is 370 g/mol. The Bertz CT molecular complexity index is 588. The third kappa shape index (κ3) is 3.76. The number of nitrogens with zero attached hydrogens (tertiary/aromatic N) is 2. The quantitative estimate of drug-likeness (QED) is 0.783. The summed E-state index contributed by atoms with van der Waals surface area (Å²) in [6.45, 7) is 7.59. The van der Waals surface area contributed by atoms with Crippen molar-refractivity contribution in [1.82, 2.24) is 15.1 Å². The van der Waals surface area contributed by atoms with Gasteiger partial charge in [0, 0.05) is 24.4 Å². The molecule has 0 aliphatic heterocycles. The van der Waals surface area contributed by atoms with E-state index < -0.39 is 0 Å². The molecular formula is C16H24BrN3S. The summed E-state index contributed by atoms with van der Waals surface area (Å²) in [6, 6.07) is 2.57. The molecule has 0 aliphatic carbocycles. The molecule has 2 heterocycles. The van der Waals surface area contributed by atoms with Gasteiger partial charge < -0.3 is 5.32 Å². The molecule has 0 radical (unpaired) electrons. The maximum atomic E-state index is 4.61. The van der Waals surface area contributed by atoms with Crippen molar-refractivity contribution >= 4 is 27.3 Å². The molecule has 0 spiro atoms. The van der Waals surface area contributed by atoms with Crippen molar-refractivity contribution in [1.29, 1.82) is 0 Å². The molecule has 0 bridgehead atoms. The predicted octanol–water partition coefficient (Wildman–Crippen LogP) is 4.40. The maximum absolute atomic E-state index is 4.61. The molecule has 0 saturated heterocycles. The molecule has 0 saturated carbocycles. The van der Waals surface area contributed by atoms with E-state index in [1.165, 1.54) is 20.6 Å². The van der Waals surface area contributed by atoms with Gasteiger partial charge in [0.1, 0.15) is 0 Å². The second kappa shape index (κ2) is 7.56. The standard InChI is InChI=1S/C16H24BrN3S/c1-5-8-18-13(16-11(3)7-9-21-16)10-14-15(17)12(6-2)19-20(14)4/h7,9,13,18H,5-6,8,10H2,1-4H3. The van der Waals surface area contributed by atoms with E-state index in [4.69, 9.17) is 0 Å². The fourth-order valence-corrected chi connectivity index (χ4v) is 4.33. The highest BCUT2D eigenvalue weighted by molar-refractivity contribution is 9.10. The summed E-state index contributed by atoms with van der Waals surface area (Å²) < 4.78 is 3.19. The normalized spacial score (nSPS) is 12.8. The Morgan fingerprint density at radius 3 is 2.71 bits per heavy atom. The number of nitrogens with one attached hydrogen (secondary N) is 1. The molecule has 1 unspecified atom stereocenters. The van der Waals surface area contributed by atoms with E-state index in [0.29, 0.717) is 6.04 Å². The van der Waals surface area contributed by atoms with Crippen LogP contribution < -0.4 is 5.32 Å². The van der Waals surface area contributed by atoms with Crippen molar-refractivity contribution in [3.63, 3.8) is 0 Å². The van der Waals surface area contributed by atoms with Crippen LogP contribution in [-0.2, 0) is 19.9 Å². The number of halogens is 1. The summed E-state index contributed by atoms with van der Waals surface area (Å²) in [5.74, 6) is 0. The molecule has 2 aromatic rings. The Labute approximate surface area is 139 Å². The van der Waals surface area contributed by atoms with Gasteiger partial charge in [-0.15, -0.1) is 11.3 Å². The van der Waals surface area contributed by atoms with Gasteiger partial charge in [0.05, 0.1) is 15.9 Å². The number of hydrogen-bond acceptors (Lipinski definition) is 3. The molecule has 0 fully saturated rings. The van der Waals surface area contributed by atoms with Gasteiger partial charge >= 0.3 is 0 Å². The molecule has 3 nitrogen and oxygen atoms in total. The first kappa shape index (κ1) is 16.7. The van der Waals surface area contributed by atoms with Gasteiger partial charge in [-0.05, 0) is 59.2 Å². The molecule has 0 aliphatic rings. The van der Waals surface area contributed by atoms with Gasteiger partial charge in [-0.3, -0.25) is 4.68 Å². The summed E-state index contributed by atoms with van der Waals surface area (Å²) in [4.78, 5) is 1.44. The lowest BCUT2D eigenvalue weighted by molar-refractivity contribution is 0.516. The van der Waals surface area contributed by atoms with Crippen molar-refractivity contribution in [2.45, 2.75) is 46.1 Å². The Balaban J connectivity index is 2.27. The van der Waals surface area contributed by atoms with Crippen molar-refractivity contribution in [3.05, 3.63) is 37.7 Å². The topological polar surface area (TPSA) is 29.9 Å². The highest BCUT2D eigenvalue weighted by atomic mass is 79.9. The SMILES string of the molecule is CCCNC(Cc1c(Br)c(CC)nn1C)c1sccc1C. The van der Waals surface area contributed by atoms with Crippen LogP contribution in [0.15, 0.2) is 15.9 Å². The maximum Gasteiger partial charge on any atom is 0.0766 e.